The number of aromatic hydroxyl groups is 2. The van der Waals surface area contributed by atoms with E-state index in [1.807, 2.05) is 78.0 Å². The van der Waals surface area contributed by atoms with Crippen LogP contribution in [0.25, 0.3) is 11.1 Å². The number of hydrogen-bond donors (Lipinski definition) is 2. The van der Waals surface area contributed by atoms with Gasteiger partial charge in [0, 0.05) is 0 Å². The van der Waals surface area contributed by atoms with Gasteiger partial charge < -0.3 is 10.2 Å². The Morgan fingerprint density at radius 3 is 1.23 bits per heavy atom. The number of aryl methyl sites for hydroxylation is 4. The van der Waals surface area contributed by atoms with Gasteiger partial charge in [0.15, 0.2) is 5.78 Å². The van der Waals surface area contributed by atoms with Crippen molar-refractivity contribution >= 4 is 16.9 Å². The molecule has 152 valence electrons. The van der Waals surface area contributed by atoms with E-state index in [2.05, 4.69) is 0 Å². The summed E-state index contributed by atoms with van der Waals surface area (Å²) in [7, 11) is 0. The van der Waals surface area contributed by atoms with E-state index in [9.17, 15) is 15.0 Å². The summed E-state index contributed by atoms with van der Waals surface area (Å²) in [6.07, 6.45) is 3.91. The molecule has 2 N–H and O–H groups in total. The maximum Gasteiger partial charge on any atom is 0.184 e. The van der Waals surface area contributed by atoms with Crippen LogP contribution in [0.4, 0.5) is 0 Å². The topological polar surface area (TPSA) is 57.5 Å². The zero-order chi connectivity index (χ0) is 21.9. The maximum atomic E-state index is 12.2. The van der Waals surface area contributed by atoms with Crippen molar-refractivity contribution in [2.75, 3.05) is 0 Å². The van der Waals surface area contributed by atoms with Gasteiger partial charge in [-0.25, -0.2) is 0 Å². The van der Waals surface area contributed by atoms with E-state index in [1.54, 1.807) is 0 Å². The Bertz CT molecular complexity index is 1120. The zero-order valence-electron chi connectivity index (χ0n) is 18.3. The normalized spacial score (nSPS) is 16.1. The Morgan fingerprint density at radius 2 is 0.900 bits per heavy atom. The first-order chi connectivity index (χ1) is 14.1. The molecule has 0 saturated heterocycles. The Labute approximate surface area is 177 Å². The number of rotatable bonds is 2. The molecule has 0 aromatic heterocycles. The van der Waals surface area contributed by atoms with Crippen LogP contribution in [0.5, 0.6) is 11.5 Å². The summed E-state index contributed by atoms with van der Waals surface area (Å²) >= 11 is 0. The molecule has 30 heavy (non-hydrogen) atoms. The number of carbonyl (C=O) groups excluding carboxylic acids is 1. The van der Waals surface area contributed by atoms with Gasteiger partial charge in [0.05, 0.1) is 0 Å². The van der Waals surface area contributed by atoms with Crippen molar-refractivity contribution in [3.8, 4) is 11.5 Å². The quantitative estimate of drug-likeness (QED) is 0.649. The lowest BCUT2D eigenvalue weighted by atomic mass is 9.93. The number of phenolic OH excluding ortho intramolecular Hbond substituents is 2. The van der Waals surface area contributed by atoms with Gasteiger partial charge in [-0.05, 0) is 145 Å². The number of Topliss-reactive ketones (excluding diaryl/α,β-unsaturated/α-hetero) is 1. The van der Waals surface area contributed by atoms with Gasteiger partial charge in [-0.1, -0.05) is 0 Å². The molecule has 0 saturated carbocycles. The maximum absolute atomic E-state index is 12.2. The van der Waals surface area contributed by atoms with Crippen LogP contribution in [0.1, 0.15) is 47.2 Å². The third-order valence-electron chi connectivity index (χ3n) is 6.00. The van der Waals surface area contributed by atoms with E-state index in [4.69, 9.17) is 0 Å². The van der Waals surface area contributed by atoms with Gasteiger partial charge in [0.1, 0.15) is 11.5 Å². The predicted molar refractivity (Wildman–Crippen MR) is 122 cm³/mol. The standard InChI is InChI=1S/C27H26O3/c1-13-7-19(8-14(2)25(13)28)22-23(20-9-15(3)26(29)16(4)10-20)24(22)21-11-17(5)27(30)18(6)12-21/h7-12,28-29H,1-6H3. The summed E-state index contributed by atoms with van der Waals surface area (Å²) in [5.74, 6) is 0.722. The molecule has 0 aliphatic heterocycles. The van der Waals surface area contributed by atoms with Crippen molar-refractivity contribution in [2.45, 2.75) is 41.5 Å². The minimum Gasteiger partial charge on any atom is -0.507 e. The fourth-order valence-electron chi connectivity index (χ4n) is 4.35. The molecule has 3 nitrogen and oxygen atoms in total. The van der Waals surface area contributed by atoms with Crippen LogP contribution in [-0.2, 0) is 4.79 Å². The second-order valence-corrected chi connectivity index (χ2v) is 8.48. The number of hydrogen-bond acceptors (Lipinski definition) is 3. The Morgan fingerprint density at radius 1 is 0.567 bits per heavy atom. The Balaban J connectivity index is 1.97. The minimum absolute atomic E-state index is 0.0794. The first kappa shape index (κ1) is 20.0. The average molecular weight is 399 g/mol. The molecule has 0 unspecified atom stereocenters. The summed E-state index contributed by atoms with van der Waals surface area (Å²) in [6, 6.07) is 8.03. The van der Waals surface area contributed by atoms with Crippen LogP contribution in [0.2, 0.25) is 0 Å². The largest absolute Gasteiger partial charge is 0.507 e. The lowest BCUT2D eigenvalue weighted by Gasteiger charge is -2.10. The van der Waals surface area contributed by atoms with Crippen molar-refractivity contribution in [1.29, 1.82) is 0 Å². The third kappa shape index (κ3) is 3.11. The van der Waals surface area contributed by atoms with E-state index in [0.29, 0.717) is 11.5 Å². The van der Waals surface area contributed by atoms with Gasteiger partial charge in [-0.15, -0.1) is 0 Å². The molecule has 0 amide bonds. The Kier molecular flexibility index (Phi) is 4.58. The predicted octanol–water partition coefficient (Wildman–Crippen LogP) is 6.03. The number of benzene rings is 2. The highest BCUT2D eigenvalue weighted by Crippen LogP contribution is 2.56. The number of ketones is 1. The molecule has 2 aromatic rings. The molecule has 0 heterocycles. The minimum atomic E-state index is 0.0794. The fourth-order valence-corrected chi connectivity index (χ4v) is 4.35. The molecule has 2 aliphatic carbocycles. The number of carbonyl (C=O) groups is 1. The van der Waals surface area contributed by atoms with Gasteiger partial charge in [0.25, 0.3) is 0 Å². The molecule has 4 rings (SSSR count). The van der Waals surface area contributed by atoms with Crippen molar-refractivity contribution in [3.05, 3.63) is 92.1 Å². The highest BCUT2D eigenvalue weighted by Gasteiger charge is 2.36. The van der Waals surface area contributed by atoms with E-state index >= 15 is 0 Å². The summed E-state index contributed by atoms with van der Waals surface area (Å²) in [5, 5.41) is 20.4. The first-order valence-corrected chi connectivity index (χ1v) is 10.1. The van der Waals surface area contributed by atoms with Crippen molar-refractivity contribution in [2.24, 2.45) is 0 Å². The fraction of sp³-hybridized carbons (Fsp3) is 0.222. The summed E-state index contributed by atoms with van der Waals surface area (Å²) < 4.78 is 0. The van der Waals surface area contributed by atoms with Crippen LogP contribution >= 0.6 is 0 Å². The van der Waals surface area contributed by atoms with Crippen molar-refractivity contribution < 1.29 is 15.0 Å². The van der Waals surface area contributed by atoms with Crippen LogP contribution in [0.15, 0.2) is 58.7 Å². The summed E-state index contributed by atoms with van der Waals surface area (Å²) in [5.41, 5.74) is 11.3. The van der Waals surface area contributed by atoms with Crippen molar-refractivity contribution in [1.82, 2.24) is 0 Å². The molecule has 2 aliphatic rings. The van der Waals surface area contributed by atoms with E-state index in [-0.39, 0.29) is 5.78 Å². The zero-order valence-corrected chi connectivity index (χ0v) is 18.3. The average Bonchev–Trinajstić information content (AvgIpc) is 3.43. The first-order valence-electron chi connectivity index (χ1n) is 10.1. The van der Waals surface area contributed by atoms with Crippen molar-refractivity contribution in [3.63, 3.8) is 0 Å². The second kappa shape index (κ2) is 6.88. The third-order valence-corrected chi connectivity index (χ3v) is 6.00. The highest BCUT2D eigenvalue weighted by molar-refractivity contribution is 6.27. The van der Waals surface area contributed by atoms with E-state index in [1.165, 1.54) is 0 Å². The highest BCUT2D eigenvalue weighted by atomic mass is 16.3. The Hall–Kier alpha value is -3.33. The van der Waals surface area contributed by atoms with Crippen LogP contribution < -0.4 is 0 Å². The van der Waals surface area contributed by atoms with Gasteiger partial charge >= 0.3 is 0 Å². The molecule has 0 radical (unpaired) electrons. The molecule has 2 aromatic carbocycles. The molecule has 0 fully saturated rings. The molecular weight excluding hydrogens is 372 g/mol. The summed E-state index contributed by atoms with van der Waals surface area (Å²) in [6.45, 7) is 11.3. The molecule has 0 atom stereocenters. The van der Waals surface area contributed by atoms with E-state index in [0.717, 1.165) is 66.8 Å². The second-order valence-electron chi connectivity index (χ2n) is 8.48. The summed E-state index contributed by atoms with van der Waals surface area (Å²) in [4.78, 5) is 12.2. The lowest BCUT2D eigenvalue weighted by molar-refractivity contribution is -0.112. The van der Waals surface area contributed by atoms with Crippen LogP contribution in [0.3, 0.4) is 0 Å². The van der Waals surface area contributed by atoms with Crippen LogP contribution in [0, 0.1) is 27.7 Å². The van der Waals surface area contributed by atoms with Gasteiger partial charge in [-0.3, -0.25) is 4.79 Å². The SMILES string of the molecule is CC1=CC(=C2C(c3cc(C)c(O)c(C)c3)=C2c2cc(C)c(O)c(C)c2)C=C(C)C1=O. The number of phenols is 2. The van der Waals surface area contributed by atoms with Gasteiger partial charge in [0.2, 0.25) is 0 Å². The smallest absolute Gasteiger partial charge is 0.184 e. The lowest BCUT2D eigenvalue weighted by Crippen LogP contribution is -2.06. The molecule has 3 heteroatoms. The van der Waals surface area contributed by atoms with E-state index < -0.39 is 0 Å². The van der Waals surface area contributed by atoms with Gasteiger partial charge in [-0.2, -0.15) is 0 Å². The van der Waals surface area contributed by atoms with Crippen LogP contribution in [-0.4, -0.2) is 16.0 Å². The monoisotopic (exact) mass is 398 g/mol. The molecule has 0 spiro atoms. The molecular formula is C27H26O3. The molecule has 0 bridgehead atoms. The number of allylic oxidation sites excluding steroid dienone is 8.